The Balaban J connectivity index is 1.90. The second-order valence-corrected chi connectivity index (χ2v) is 4.58. The third-order valence-electron chi connectivity index (χ3n) is 2.80. The van der Waals surface area contributed by atoms with Crippen LogP contribution in [-0.2, 0) is 11.3 Å². The molecule has 4 heteroatoms. The molecule has 1 aliphatic rings. The van der Waals surface area contributed by atoms with Crippen molar-refractivity contribution in [3.8, 4) is 0 Å². The van der Waals surface area contributed by atoms with Crippen molar-refractivity contribution in [2.45, 2.75) is 32.4 Å². The van der Waals surface area contributed by atoms with E-state index in [9.17, 15) is 0 Å². The van der Waals surface area contributed by atoms with Gasteiger partial charge in [0.1, 0.15) is 5.82 Å². The van der Waals surface area contributed by atoms with Crippen LogP contribution >= 0.6 is 0 Å². The van der Waals surface area contributed by atoms with E-state index in [1.807, 2.05) is 6.92 Å². The Morgan fingerprint density at radius 3 is 2.94 bits per heavy atom. The largest absolute Gasteiger partial charge is 0.383 e. The Hall–Kier alpha value is -1.13. The molecule has 1 fully saturated rings. The van der Waals surface area contributed by atoms with Gasteiger partial charge < -0.3 is 15.4 Å². The van der Waals surface area contributed by atoms with Crippen molar-refractivity contribution in [2.24, 2.45) is 0 Å². The minimum Gasteiger partial charge on any atom is -0.383 e. The van der Waals surface area contributed by atoms with Crippen LogP contribution in [0.5, 0.6) is 0 Å². The van der Waals surface area contributed by atoms with E-state index in [0.717, 1.165) is 30.6 Å². The number of nitrogens with zero attached hydrogens (tertiary/aromatic N) is 1. The van der Waals surface area contributed by atoms with Crippen LogP contribution in [0.1, 0.15) is 24.1 Å². The summed E-state index contributed by atoms with van der Waals surface area (Å²) in [4.78, 5) is 4.45. The minimum atomic E-state index is 0.700. The highest BCUT2D eigenvalue weighted by molar-refractivity contribution is 5.39. The Bertz CT molecular complexity index is 364. The van der Waals surface area contributed by atoms with Gasteiger partial charge in [0.25, 0.3) is 0 Å². The fourth-order valence-electron chi connectivity index (χ4n) is 1.76. The lowest BCUT2D eigenvalue weighted by molar-refractivity contribution is 0.210. The van der Waals surface area contributed by atoms with Gasteiger partial charge in [0.15, 0.2) is 0 Å². The molecule has 0 radical (unpaired) electrons. The Labute approximate surface area is 103 Å². The second kappa shape index (κ2) is 5.98. The number of hydrogen-bond donors (Lipinski definition) is 2. The first-order valence-corrected chi connectivity index (χ1v) is 6.21. The van der Waals surface area contributed by atoms with Gasteiger partial charge in [0.05, 0.1) is 6.61 Å². The SMILES string of the molecule is COCCNc1cc(CNC2CC2)cc(C)n1. The zero-order chi connectivity index (χ0) is 12.1. The first-order chi connectivity index (χ1) is 8.28. The van der Waals surface area contributed by atoms with Gasteiger partial charge in [-0.05, 0) is 37.5 Å². The van der Waals surface area contributed by atoms with E-state index in [1.165, 1.54) is 18.4 Å². The molecule has 0 aromatic carbocycles. The van der Waals surface area contributed by atoms with Crippen LogP contribution in [0.2, 0.25) is 0 Å². The van der Waals surface area contributed by atoms with Crippen LogP contribution in [-0.4, -0.2) is 31.3 Å². The van der Waals surface area contributed by atoms with Crippen molar-refractivity contribution in [1.82, 2.24) is 10.3 Å². The quantitative estimate of drug-likeness (QED) is 0.706. The summed E-state index contributed by atoms with van der Waals surface area (Å²) in [6.45, 7) is 4.46. The van der Waals surface area contributed by atoms with Gasteiger partial charge in [-0.15, -0.1) is 0 Å². The predicted octanol–water partition coefficient (Wildman–Crippen LogP) is 1.70. The molecular weight excluding hydrogens is 214 g/mol. The average molecular weight is 235 g/mol. The summed E-state index contributed by atoms with van der Waals surface area (Å²) in [7, 11) is 1.70. The Morgan fingerprint density at radius 1 is 1.41 bits per heavy atom. The number of rotatable bonds is 7. The van der Waals surface area contributed by atoms with Crippen molar-refractivity contribution in [3.63, 3.8) is 0 Å². The second-order valence-electron chi connectivity index (χ2n) is 4.58. The summed E-state index contributed by atoms with van der Waals surface area (Å²) in [6, 6.07) is 4.99. The number of methoxy groups -OCH3 is 1. The number of aryl methyl sites for hydroxylation is 1. The number of ether oxygens (including phenoxy) is 1. The van der Waals surface area contributed by atoms with Crippen LogP contribution in [0.15, 0.2) is 12.1 Å². The van der Waals surface area contributed by atoms with Gasteiger partial charge in [-0.1, -0.05) is 0 Å². The molecule has 1 aromatic rings. The summed E-state index contributed by atoms with van der Waals surface area (Å²) < 4.78 is 5.01. The van der Waals surface area contributed by atoms with Crippen molar-refractivity contribution in [2.75, 3.05) is 25.6 Å². The van der Waals surface area contributed by atoms with Gasteiger partial charge in [0, 0.05) is 31.9 Å². The van der Waals surface area contributed by atoms with Crippen molar-refractivity contribution < 1.29 is 4.74 Å². The van der Waals surface area contributed by atoms with E-state index in [4.69, 9.17) is 4.74 Å². The molecule has 0 saturated heterocycles. The van der Waals surface area contributed by atoms with Crippen molar-refractivity contribution in [3.05, 3.63) is 23.4 Å². The van der Waals surface area contributed by atoms with Crippen LogP contribution in [0, 0.1) is 6.92 Å². The van der Waals surface area contributed by atoms with Crippen molar-refractivity contribution >= 4 is 5.82 Å². The molecule has 0 aliphatic heterocycles. The standard InChI is InChI=1S/C13H21N3O/c1-10-7-11(9-15-12-3-4-12)8-13(16-10)14-5-6-17-2/h7-8,12,15H,3-6,9H2,1-2H3,(H,14,16). The third kappa shape index (κ3) is 4.32. The smallest absolute Gasteiger partial charge is 0.126 e. The molecule has 2 rings (SSSR count). The predicted molar refractivity (Wildman–Crippen MR) is 69.2 cm³/mol. The van der Waals surface area contributed by atoms with Gasteiger partial charge in [0.2, 0.25) is 0 Å². The molecule has 0 unspecified atom stereocenters. The molecule has 2 N–H and O–H groups in total. The molecule has 1 heterocycles. The lowest BCUT2D eigenvalue weighted by Crippen LogP contribution is -2.16. The monoisotopic (exact) mass is 235 g/mol. The molecule has 0 atom stereocenters. The topological polar surface area (TPSA) is 46.2 Å². The number of hydrogen-bond acceptors (Lipinski definition) is 4. The lowest BCUT2D eigenvalue weighted by atomic mass is 10.2. The molecular formula is C13H21N3O. The van der Waals surface area contributed by atoms with E-state index in [0.29, 0.717) is 6.61 Å². The number of pyridine rings is 1. The Kier molecular flexibility index (Phi) is 4.34. The maximum Gasteiger partial charge on any atom is 0.126 e. The zero-order valence-electron chi connectivity index (χ0n) is 10.6. The van der Waals surface area contributed by atoms with Crippen LogP contribution in [0.3, 0.4) is 0 Å². The summed E-state index contributed by atoms with van der Waals surface area (Å²) >= 11 is 0. The van der Waals surface area contributed by atoms with E-state index in [1.54, 1.807) is 7.11 Å². The fraction of sp³-hybridized carbons (Fsp3) is 0.615. The van der Waals surface area contributed by atoms with E-state index < -0.39 is 0 Å². The number of nitrogens with one attached hydrogen (secondary N) is 2. The fourth-order valence-corrected chi connectivity index (χ4v) is 1.76. The molecule has 94 valence electrons. The summed E-state index contributed by atoms with van der Waals surface area (Å²) in [6.07, 6.45) is 2.64. The van der Waals surface area contributed by atoms with Gasteiger partial charge >= 0.3 is 0 Å². The van der Waals surface area contributed by atoms with Crippen LogP contribution < -0.4 is 10.6 Å². The lowest BCUT2D eigenvalue weighted by Gasteiger charge is -2.09. The normalized spacial score (nSPS) is 14.9. The van der Waals surface area contributed by atoms with Gasteiger partial charge in [-0.25, -0.2) is 4.98 Å². The number of aromatic nitrogens is 1. The highest BCUT2D eigenvalue weighted by Crippen LogP contribution is 2.19. The first kappa shape index (κ1) is 12.3. The van der Waals surface area contributed by atoms with E-state index in [-0.39, 0.29) is 0 Å². The molecule has 1 aromatic heterocycles. The van der Waals surface area contributed by atoms with E-state index >= 15 is 0 Å². The molecule has 17 heavy (non-hydrogen) atoms. The van der Waals surface area contributed by atoms with Crippen LogP contribution in [0.4, 0.5) is 5.82 Å². The van der Waals surface area contributed by atoms with Gasteiger partial charge in [-0.2, -0.15) is 0 Å². The van der Waals surface area contributed by atoms with E-state index in [2.05, 4.69) is 27.8 Å². The number of anilines is 1. The molecule has 0 bridgehead atoms. The molecule has 0 spiro atoms. The molecule has 4 nitrogen and oxygen atoms in total. The minimum absolute atomic E-state index is 0.700. The molecule has 1 aliphatic carbocycles. The molecule has 0 amide bonds. The highest BCUT2D eigenvalue weighted by Gasteiger charge is 2.19. The highest BCUT2D eigenvalue weighted by atomic mass is 16.5. The molecule has 1 saturated carbocycles. The summed E-state index contributed by atoms with van der Waals surface area (Å²) in [5.74, 6) is 0.939. The third-order valence-corrected chi connectivity index (χ3v) is 2.80. The average Bonchev–Trinajstić information content (AvgIpc) is 3.10. The zero-order valence-corrected chi connectivity index (χ0v) is 10.6. The summed E-state index contributed by atoms with van der Waals surface area (Å²) in [5, 5.41) is 6.78. The maximum atomic E-state index is 5.01. The van der Waals surface area contributed by atoms with Crippen molar-refractivity contribution in [1.29, 1.82) is 0 Å². The maximum absolute atomic E-state index is 5.01. The van der Waals surface area contributed by atoms with Gasteiger partial charge in [-0.3, -0.25) is 0 Å². The van der Waals surface area contributed by atoms with Crippen LogP contribution in [0.25, 0.3) is 0 Å². The first-order valence-electron chi connectivity index (χ1n) is 6.21. The summed E-state index contributed by atoms with van der Waals surface area (Å²) in [5.41, 5.74) is 2.35. The Morgan fingerprint density at radius 2 is 2.24 bits per heavy atom.